The molecule has 12 N–H and O–H groups in total. The van der Waals surface area contributed by atoms with E-state index >= 15 is 0 Å². The Morgan fingerprint density at radius 1 is 0.553 bits per heavy atom. The van der Waals surface area contributed by atoms with Gasteiger partial charge in [0, 0.05) is 103 Å². The van der Waals surface area contributed by atoms with E-state index in [1.807, 2.05) is 46.5 Å². The molecule has 4 aliphatic rings. The van der Waals surface area contributed by atoms with E-state index in [4.69, 9.17) is 40.0 Å². The van der Waals surface area contributed by atoms with Crippen LogP contribution in [0, 0.1) is 42.9 Å². The van der Waals surface area contributed by atoms with Crippen LogP contribution < -0.4 is 45.0 Å². The van der Waals surface area contributed by atoms with E-state index in [9.17, 15) is 68.4 Å². The van der Waals surface area contributed by atoms with Crippen LogP contribution in [0.5, 0.6) is 0 Å². The average Bonchev–Trinajstić information content (AvgIpc) is 2.30. The largest absolute Gasteiger partial charge is 0.459 e. The number of hydrogen-bond acceptors (Lipinski definition) is 22. The van der Waals surface area contributed by atoms with Crippen molar-refractivity contribution >= 4 is 42.9 Å². The molecule has 0 aromatic carbocycles. The summed E-state index contributed by atoms with van der Waals surface area (Å²) < 4.78 is 42.2. The number of halogens is 1. The molecule has 4 fully saturated rings. The summed E-state index contributed by atoms with van der Waals surface area (Å²) in [6.07, 6.45) is -3.67. The predicted molar refractivity (Wildman–Crippen MR) is 309 cm³/mol. The van der Waals surface area contributed by atoms with E-state index in [1.54, 1.807) is 0 Å². The molecule has 0 spiro atoms. The van der Waals surface area contributed by atoms with Crippen molar-refractivity contribution in [2.75, 3.05) is 17.6 Å². The van der Waals surface area contributed by atoms with Gasteiger partial charge in [-0.1, -0.05) is 71.1 Å². The molecule has 0 saturated carbocycles. The summed E-state index contributed by atoms with van der Waals surface area (Å²) in [5, 5.41) is 56.7. The SMILES string of the molecule is CCCn1cc([C@@H]2O[C@H](CC)[C@@H](C)[C@H]2OC(C)=O)c(=O)[nH]c1=O.CCCn1cc([C@@H]2O[C@H](CO)[C@@H](O)[C@H]2O)c(=O)[nH]c1=O.CCI.CC[C@H]1O[C@@H](c2c[nH]c(=O)[nH]c2=O)[C@H](OC(C)=O)[C@@H]1C.O=c1[nH]cc([C@@H]2O[C@H](CO)[C@@H](O)[C@H]2O)c(=O)[nH]1.[2H][B].[U]. The molecule has 0 amide bonds. The van der Waals surface area contributed by atoms with Crippen LogP contribution in [0.15, 0.2) is 63.1 Å². The van der Waals surface area contributed by atoms with Gasteiger partial charge in [0.25, 0.3) is 22.2 Å². The van der Waals surface area contributed by atoms with E-state index in [1.165, 1.54) is 46.0 Å². The van der Waals surface area contributed by atoms with Crippen LogP contribution in [0.25, 0.3) is 0 Å². The van der Waals surface area contributed by atoms with Crippen molar-refractivity contribution in [1.82, 2.24) is 39.0 Å². The molecule has 0 unspecified atom stereocenters. The summed E-state index contributed by atoms with van der Waals surface area (Å²) >= 11 is 2.29. The molecule has 4 aliphatic heterocycles. The van der Waals surface area contributed by atoms with Gasteiger partial charge in [0.1, 0.15) is 73.2 Å². The van der Waals surface area contributed by atoms with Gasteiger partial charge in [-0.2, -0.15) is 0 Å². The molecule has 0 aliphatic carbocycles. The number of aliphatic hydroxyl groups is 6. The van der Waals surface area contributed by atoms with Gasteiger partial charge in [0.05, 0.1) is 47.7 Å². The molecule has 8 rings (SSSR count). The maximum Gasteiger partial charge on any atom is 0.328 e. The van der Waals surface area contributed by atoms with Crippen molar-refractivity contribution in [2.45, 2.75) is 187 Å². The number of rotatable bonds is 14. The minimum absolute atomic E-state index is 0. The minimum Gasteiger partial charge on any atom is -0.459 e. The van der Waals surface area contributed by atoms with E-state index in [0.29, 0.717) is 25.1 Å². The van der Waals surface area contributed by atoms with Crippen LogP contribution in [-0.4, -0.2) is 170 Å². The van der Waals surface area contributed by atoms with Crippen LogP contribution in [0.4, 0.5) is 0 Å². The number of H-pyrrole nitrogens is 6. The number of aromatic amines is 6. The Labute approximate surface area is 526 Å². The number of carbonyl (C=O) groups excluding carboxylic acids is 2. The van der Waals surface area contributed by atoms with Gasteiger partial charge in [0.2, 0.25) is 0 Å². The van der Waals surface area contributed by atoms with E-state index in [-0.39, 0.29) is 71.8 Å². The molecular weight excluding hydrogens is 1460 g/mol. The van der Waals surface area contributed by atoms with E-state index < -0.39 is 143 Å². The van der Waals surface area contributed by atoms with Crippen LogP contribution in [0.2, 0.25) is 0 Å². The third-order valence-electron chi connectivity index (χ3n) is 13.9. The van der Waals surface area contributed by atoms with Crippen LogP contribution in [0.3, 0.4) is 0 Å². The molecule has 4 saturated heterocycles. The Kier molecular flexibility index (Phi) is 31.3. The second-order valence-corrected chi connectivity index (χ2v) is 21.3. The molecule has 8 heterocycles. The number of aromatic nitrogens is 8. The summed E-state index contributed by atoms with van der Waals surface area (Å²) in [5.74, 6) is -0.890. The van der Waals surface area contributed by atoms with Gasteiger partial charge in [0.15, 0.2) is 0 Å². The maximum absolute atomic E-state index is 12.2. The Morgan fingerprint density at radius 3 is 1.16 bits per heavy atom. The Balaban J connectivity index is 0.000000381. The summed E-state index contributed by atoms with van der Waals surface area (Å²) in [4.78, 5) is 129. The van der Waals surface area contributed by atoms with E-state index in [2.05, 4.69) is 62.8 Å². The number of aryl methyl sites for hydroxylation is 2. The number of nitrogens with zero attached hydrogens (tertiary/aromatic N) is 2. The smallest absolute Gasteiger partial charge is 0.328 e. The number of nitrogens with one attached hydrogen (secondary N) is 6. The van der Waals surface area contributed by atoms with Gasteiger partial charge in [-0.05, 0) is 31.4 Å². The normalized spacial score (nSPS) is 28.1. The van der Waals surface area contributed by atoms with Crippen molar-refractivity contribution in [3.8, 4) is 0 Å². The predicted octanol–water partition coefficient (Wildman–Crippen LogP) is -2.04. The molecule has 472 valence electrons. The first kappa shape index (κ1) is 74.4. The Bertz CT molecular complexity index is 3270. The Morgan fingerprint density at radius 2 is 0.859 bits per heavy atom. The van der Waals surface area contributed by atoms with Crippen LogP contribution in [-0.2, 0) is 51.1 Å². The van der Waals surface area contributed by atoms with Crippen molar-refractivity contribution in [3.63, 3.8) is 0 Å². The summed E-state index contributed by atoms with van der Waals surface area (Å²) in [6.45, 7) is 16.4. The van der Waals surface area contributed by atoms with Crippen molar-refractivity contribution < 1.29 is 99.8 Å². The zero-order valence-electron chi connectivity index (χ0n) is 49.5. The van der Waals surface area contributed by atoms with Crippen molar-refractivity contribution in [1.29, 1.82) is 1.34 Å². The zero-order chi connectivity index (χ0) is 64.2. The van der Waals surface area contributed by atoms with Crippen molar-refractivity contribution in [2.24, 2.45) is 11.8 Å². The Hall–Kier alpha value is -4.89. The molecule has 0 bridgehead atoms. The second-order valence-electron chi connectivity index (χ2n) is 19.8. The topological polar surface area (TPSA) is 452 Å². The first-order valence-corrected chi connectivity index (χ1v) is 28.6. The summed E-state index contributed by atoms with van der Waals surface area (Å²) in [5.41, 5.74) is -3.99. The molecule has 33 heteroatoms. The quantitative estimate of drug-likeness (QED) is 0.0280. The first-order chi connectivity index (χ1) is 40.3. The third-order valence-corrected chi connectivity index (χ3v) is 13.9. The minimum atomic E-state index is -1.33. The molecule has 4 aromatic rings. The summed E-state index contributed by atoms with van der Waals surface area (Å²) in [6, 6.07) is 0. The van der Waals surface area contributed by atoms with Crippen LogP contribution in [0.1, 0.15) is 135 Å². The molecule has 2 radical (unpaired) electrons. The number of aliphatic hydroxyl groups excluding tert-OH is 6. The molecular formula is C52H78BIN8O22U. The van der Waals surface area contributed by atoms with Gasteiger partial charge in [-0.25, -0.2) is 19.2 Å². The number of esters is 2. The molecule has 16 atom stereocenters. The van der Waals surface area contributed by atoms with Crippen LogP contribution >= 0.6 is 22.6 Å². The maximum atomic E-state index is 12.2. The van der Waals surface area contributed by atoms with E-state index in [0.717, 1.165) is 25.5 Å². The number of ether oxygens (including phenoxy) is 6. The van der Waals surface area contributed by atoms with Gasteiger partial charge < -0.3 is 78.2 Å². The molecule has 4 aromatic heterocycles. The fraction of sp³-hybridized carbons (Fsp3) is 0.654. The fourth-order valence-electron chi connectivity index (χ4n) is 9.76. The van der Waals surface area contributed by atoms with Gasteiger partial charge >= 0.3 is 34.7 Å². The fourth-order valence-corrected chi connectivity index (χ4v) is 9.76. The summed E-state index contributed by atoms with van der Waals surface area (Å²) in [7, 11) is 3.75. The van der Waals surface area contributed by atoms with Gasteiger partial charge in [-0.3, -0.25) is 48.7 Å². The third kappa shape index (κ3) is 19.5. The molecule has 30 nitrogen and oxygen atoms in total. The van der Waals surface area contributed by atoms with Crippen molar-refractivity contribution in [3.05, 3.63) is 130 Å². The monoisotopic (exact) mass is 1540 g/mol. The number of alkyl halides is 1. The second kappa shape index (κ2) is 35.8. The number of hydrogen-bond donors (Lipinski definition) is 12. The zero-order valence-corrected chi connectivity index (χ0v) is 54.8. The number of carbonyl (C=O) groups is 2. The van der Waals surface area contributed by atoms with Gasteiger partial charge in [-0.15, -0.1) is 0 Å². The average molecular weight is 1540 g/mol. The standard InChI is InChI=1S/C16H24N2O5.C13H18N2O5.C12H18N2O6.C9H12N2O6.C2H5I.BH.U/c1-5-7-18-8-11(15(20)17-16(18)21)14-13(22-10(4)19)9(3)12(6-2)23-14;1-4-9-6(2)10(19-7(3)16)11(20-9)8-5-14-13(18)15-12(8)17;1-2-3-14-4-6(11(18)13-12(14)19)10-9(17)8(16)7(5-15)20-10;12-2-4-5(13)6(14)7(17-4)3-1-10-9(16)11-8(3)15;1-2-3;;/h8-9,12-14H,5-7H2,1-4H3,(H,17,20,21);5-6,9-11H,4H2,1-3H3,(H2,14,15,17,18);4,7-10,15-17H,2-3,5H2,1H3,(H,13,18,19);1,4-7,12-14H,2H2,(H2,10,11,15,16);2H2,1H3;1H;/t9-,12-,13-,14+;6-,9-,10-,11+;7-,8-,9-,10+;4-,5-,6-,7+;;;/m1111.../s1/i;;;;;1D;. The first-order valence-electron chi connectivity index (χ1n) is 27.6. The molecule has 85 heavy (non-hydrogen) atoms.